The largest absolute Gasteiger partial charge is 0.489 e. The van der Waals surface area contributed by atoms with Gasteiger partial charge in [0.25, 0.3) is 0 Å². The van der Waals surface area contributed by atoms with Crippen molar-refractivity contribution < 1.29 is 14.3 Å². The third-order valence-electron chi connectivity index (χ3n) is 4.76. The molecule has 2 aromatic rings. The zero-order valence-electron chi connectivity index (χ0n) is 14.2. The second-order valence-electron chi connectivity index (χ2n) is 6.84. The molecule has 136 valence electrons. The van der Waals surface area contributed by atoms with Crippen LogP contribution >= 0.6 is 35.0 Å². The summed E-state index contributed by atoms with van der Waals surface area (Å²) in [4.78, 5) is 16.9. The van der Waals surface area contributed by atoms with Crippen molar-refractivity contribution in [3.63, 3.8) is 0 Å². The molecule has 4 rings (SSSR count). The van der Waals surface area contributed by atoms with E-state index in [-0.39, 0.29) is 17.6 Å². The van der Waals surface area contributed by atoms with E-state index in [1.807, 2.05) is 24.8 Å². The molecule has 0 unspecified atom stereocenters. The number of hydrogen-bond acceptors (Lipinski definition) is 5. The highest BCUT2D eigenvalue weighted by Crippen LogP contribution is 2.45. The van der Waals surface area contributed by atoms with Crippen molar-refractivity contribution in [3.05, 3.63) is 51.3 Å². The Balaban J connectivity index is 1.66. The van der Waals surface area contributed by atoms with Crippen LogP contribution in [0.4, 0.5) is 0 Å². The third kappa shape index (κ3) is 3.17. The zero-order valence-corrected chi connectivity index (χ0v) is 16.5. The number of pyridine rings is 1. The minimum atomic E-state index is -0.112. The number of nitrogens with zero attached hydrogens (tertiary/aromatic N) is 1. The summed E-state index contributed by atoms with van der Waals surface area (Å²) in [6.45, 7) is 3.14. The first-order valence-electron chi connectivity index (χ1n) is 8.27. The number of halogens is 2. The van der Waals surface area contributed by atoms with Gasteiger partial charge in [0.1, 0.15) is 0 Å². The predicted octanol–water partition coefficient (Wildman–Crippen LogP) is 4.63. The van der Waals surface area contributed by atoms with Crippen LogP contribution in [0.1, 0.15) is 21.5 Å². The van der Waals surface area contributed by atoms with Gasteiger partial charge in [-0.15, -0.1) is 0 Å². The number of aryl methyl sites for hydroxylation is 1. The fourth-order valence-electron chi connectivity index (χ4n) is 3.12. The monoisotopic (exact) mass is 409 g/mol. The van der Waals surface area contributed by atoms with Crippen molar-refractivity contribution >= 4 is 40.7 Å². The molecule has 2 aliphatic rings. The molecule has 1 fully saturated rings. The van der Waals surface area contributed by atoms with E-state index < -0.39 is 0 Å². The van der Waals surface area contributed by atoms with Crippen molar-refractivity contribution in [1.29, 1.82) is 0 Å². The molecule has 0 atom stereocenters. The maximum absolute atomic E-state index is 13.0. The lowest BCUT2D eigenvalue weighted by atomic mass is 9.94. The molecule has 0 saturated carbocycles. The molecule has 1 saturated heterocycles. The molecule has 0 amide bonds. The van der Waals surface area contributed by atoms with Crippen molar-refractivity contribution in [2.45, 2.75) is 13.3 Å². The van der Waals surface area contributed by atoms with E-state index in [1.54, 1.807) is 6.07 Å². The van der Waals surface area contributed by atoms with Gasteiger partial charge >= 0.3 is 0 Å². The van der Waals surface area contributed by atoms with Gasteiger partial charge in [-0.3, -0.25) is 9.78 Å². The Morgan fingerprint density at radius 1 is 1.15 bits per heavy atom. The first-order valence-corrected chi connectivity index (χ1v) is 10.2. The standard InChI is InChI=1S/C19H17Cl2NO3S/c1-11-2-3-12(16(23)4-13-14(20)5-22-6-15(13)21)18-17(11)24-7-19(8-25-18)9-26-10-19/h2-3,5-6H,4,7-10H2,1H3. The molecule has 4 nitrogen and oxygen atoms in total. The van der Waals surface area contributed by atoms with Gasteiger partial charge in [0.05, 0.1) is 34.2 Å². The summed E-state index contributed by atoms with van der Waals surface area (Å²) in [6.07, 6.45) is 3.06. The van der Waals surface area contributed by atoms with Crippen LogP contribution in [-0.4, -0.2) is 35.5 Å². The number of hydrogen-bond donors (Lipinski definition) is 0. The third-order valence-corrected chi connectivity index (χ3v) is 7.05. The molecule has 1 aromatic carbocycles. The molecule has 1 spiro atoms. The van der Waals surface area contributed by atoms with E-state index in [0.717, 1.165) is 17.1 Å². The normalized spacial score (nSPS) is 17.5. The van der Waals surface area contributed by atoms with Crippen LogP contribution in [0.15, 0.2) is 24.5 Å². The van der Waals surface area contributed by atoms with Crippen molar-refractivity contribution in [2.75, 3.05) is 24.7 Å². The molecule has 3 heterocycles. The number of benzene rings is 1. The number of carbonyl (C=O) groups excluding carboxylic acids is 1. The number of rotatable bonds is 3. The summed E-state index contributed by atoms with van der Waals surface area (Å²) in [7, 11) is 0. The molecule has 0 aliphatic carbocycles. The average molecular weight is 410 g/mol. The second-order valence-corrected chi connectivity index (χ2v) is 8.64. The zero-order chi connectivity index (χ0) is 18.3. The van der Waals surface area contributed by atoms with Gasteiger partial charge in [-0.2, -0.15) is 11.8 Å². The molecule has 26 heavy (non-hydrogen) atoms. The number of carbonyl (C=O) groups is 1. The Morgan fingerprint density at radius 2 is 1.81 bits per heavy atom. The average Bonchev–Trinajstić information content (AvgIpc) is 2.79. The van der Waals surface area contributed by atoms with Crippen LogP contribution in [0.5, 0.6) is 11.5 Å². The fourth-order valence-corrected chi connectivity index (χ4v) is 4.73. The van der Waals surface area contributed by atoms with Gasteiger partial charge in [0.15, 0.2) is 17.3 Å². The van der Waals surface area contributed by atoms with Crippen LogP contribution in [-0.2, 0) is 6.42 Å². The van der Waals surface area contributed by atoms with Gasteiger partial charge in [-0.05, 0) is 18.6 Å². The highest BCUT2D eigenvalue weighted by atomic mass is 35.5. The molecule has 0 N–H and O–H groups in total. The summed E-state index contributed by atoms with van der Waals surface area (Å²) in [5.41, 5.74) is 2.08. The minimum Gasteiger partial charge on any atom is -0.489 e. The molecular formula is C19H17Cl2NO3S. The summed E-state index contributed by atoms with van der Waals surface area (Å²) in [5, 5.41) is 0.762. The summed E-state index contributed by atoms with van der Waals surface area (Å²) in [6, 6.07) is 3.68. The van der Waals surface area contributed by atoms with E-state index in [0.29, 0.717) is 45.9 Å². The first-order chi connectivity index (χ1) is 12.5. The summed E-state index contributed by atoms with van der Waals surface area (Å²) in [5.74, 6) is 3.12. The maximum Gasteiger partial charge on any atom is 0.172 e. The smallest absolute Gasteiger partial charge is 0.172 e. The Kier molecular flexibility index (Phi) is 4.80. The van der Waals surface area contributed by atoms with Gasteiger partial charge in [-0.1, -0.05) is 29.3 Å². The summed E-state index contributed by atoms with van der Waals surface area (Å²) < 4.78 is 12.2. The van der Waals surface area contributed by atoms with E-state index in [4.69, 9.17) is 32.7 Å². The number of aromatic nitrogens is 1. The SMILES string of the molecule is Cc1ccc(C(=O)Cc2c(Cl)cncc2Cl)c2c1OCC1(CO2)CSC1. The Morgan fingerprint density at radius 3 is 2.42 bits per heavy atom. The number of ketones is 1. The lowest BCUT2D eigenvalue weighted by Gasteiger charge is -2.38. The molecule has 0 bridgehead atoms. The molecule has 0 radical (unpaired) electrons. The van der Waals surface area contributed by atoms with Gasteiger partial charge in [0, 0.05) is 35.9 Å². The van der Waals surface area contributed by atoms with Crippen molar-refractivity contribution in [1.82, 2.24) is 4.98 Å². The molecule has 2 aliphatic heterocycles. The fraction of sp³-hybridized carbons (Fsp3) is 0.368. The first kappa shape index (κ1) is 18.0. The lowest BCUT2D eigenvalue weighted by Crippen LogP contribution is -2.45. The van der Waals surface area contributed by atoms with Crippen molar-refractivity contribution in [3.8, 4) is 11.5 Å². The summed E-state index contributed by atoms with van der Waals surface area (Å²) >= 11 is 14.2. The Hall–Kier alpha value is -1.43. The quantitative estimate of drug-likeness (QED) is 0.691. The maximum atomic E-state index is 13.0. The van der Waals surface area contributed by atoms with Gasteiger partial charge in [0.2, 0.25) is 0 Å². The lowest BCUT2D eigenvalue weighted by molar-refractivity contribution is 0.0985. The Labute approximate surface area is 166 Å². The Bertz CT molecular complexity index is 863. The highest BCUT2D eigenvalue weighted by molar-refractivity contribution is 8.00. The molecule has 7 heteroatoms. The van der Waals surface area contributed by atoms with E-state index in [9.17, 15) is 4.79 Å². The van der Waals surface area contributed by atoms with E-state index >= 15 is 0 Å². The number of thioether (sulfide) groups is 1. The molecular weight excluding hydrogens is 393 g/mol. The van der Waals surface area contributed by atoms with Crippen LogP contribution in [0.25, 0.3) is 0 Å². The van der Waals surface area contributed by atoms with Gasteiger partial charge in [-0.25, -0.2) is 0 Å². The highest BCUT2D eigenvalue weighted by Gasteiger charge is 2.42. The van der Waals surface area contributed by atoms with Crippen LogP contribution in [0.2, 0.25) is 10.0 Å². The minimum absolute atomic E-state index is 0.0498. The van der Waals surface area contributed by atoms with Crippen LogP contribution in [0.3, 0.4) is 0 Å². The number of fused-ring (bicyclic) bond motifs is 1. The second kappa shape index (κ2) is 6.95. The van der Waals surface area contributed by atoms with Crippen molar-refractivity contribution in [2.24, 2.45) is 5.41 Å². The predicted molar refractivity (Wildman–Crippen MR) is 104 cm³/mol. The topological polar surface area (TPSA) is 48.4 Å². The number of ether oxygens (including phenoxy) is 2. The number of Topliss-reactive ketones (excluding diaryl/α,β-unsaturated/α-hetero) is 1. The molecule has 1 aromatic heterocycles. The van der Waals surface area contributed by atoms with Crippen LogP contribution < -0.4 is 9.47 Å². The van der Waals surface area contributed by atoms with Crippen LogP contribution in [0, 0.1) is 12.3 Å². The van der Waals surface area contributed by atoms with E-state index in [1.165, 1.54) is 12.4 Å². The van der Waals surface area contributed by atoms with Gasteiger partial charge < -0.3 is 9.47 Å². The van der Waals surface area contributed by atoms with E-state index in [2.05, 4.69) is 4.98 Å².